The fourth-order valence-electron chi connectivity index (χ4n) is 2.84. The number of unbranched alkanes of at least 4 members (excludes halogenated alkanes) is 2. The molecule has 27 heavy (non-hydrogen) atoms. The van der Waals surface area contributed by atoms with Gasteiger partial charge in [0.1, 0.15) is 18.1 Å². The average molecular weight is 376 g/mol. The molecule has 0 spiro atoms. The number of allylic oxidation sites excluding steroid dienone is 2. The van der Waals surface area contributed by atoms with Crippen molar-refractivity contribution in [2.45, 2.75) is 71.2 Å². The molecular formula is C22H32O5. The lowest BCUT2D eigenvalue weighted by atomic mass is 10.0. The zero-order valence-corrected chi connectivity index (χ0v) is 16.7. The minimum absolute atomic E-state index is 0.218. The Morgan fingerprint density at radius 3 is 2.44 bits per heavy atom. The summed E-state index contributed by atoms with van der Waals surface area (Å²) >= 11 is 0. The van der Waals surface area contributed by atoms with E-state index in [1.165, 1.54) is 13.0 Å². The number of rotatable bonds is 14. The van der Waals surface area contributed by atoms with Crippen molar-refractivity contribution in [3.8, 4) is 5.75 Å². The molecule has 0 aliphatic heterocycles. The summed E-state index contributed by atoms with van der Waals surface area (Å²) in [6, 6.07) is 7.71. The van der Waals surface area contributed by atoms with Crippen molar-refractivity contribution in [2.24, 2.45) is 0 Å². The summed E-state index contributed by atoms with van der Waals surface area (Å²) < 4.78 is 16.9. The number of benzene rings is 1. The Hall–Kier alpha value is -2.14. The number of carbonyl (C=O) groups excluding carboxylic acids is 2. The number of methoxy groups -OCH3 is 1. The van der Waals surface area contributed by atoms with Crippen LogP contribution in [0.2, 0.25) is 0 Å². The largest absolute Gasteiger partial charge is 0.497 e. The van der Waals surface area contributed by atoms with Crippen LogP contribution in [0.3, 0.4) is 0 Å². The molecule has 2 atom stereocenters. The molecule has 0 aliphatic rings. The van der Waals surface area contributed by atoms with E-state index in [-0.39, 0.29) is 18.2 Å². The smallest absolute Gasteiger partial charge is 0.302 e. The summed E-state index contributed by atoms with van der Waals surface area (Å²) in [6.07, 6.45) is 8.90. The molecular weight excluding hydrogens is 344 g/mol. The van der Waals surface area contributed by atoms with E-state index in [9.17, 15) is 9.59 Å². The maximum absolute atomic E-state index is 11.6. The van der Waals surface area contributed by atoms with E-state index in [1.807, 2.05) is 30.3 Å². The van der Waals surface area contributed by atoms with Crippen LogP contribution in [0.5, 0.6) is 5.75 Å². The molecule has 0 saturated carbocycles. The molecule has 0 heterocycles. The first-order chi connectivity index (χ1) is 13.1. The molecule has 0 unspecified atom stereocenters. The van der Waals surface area contributed by atoms with E-state index in [0.29, 0.717) is 19.4 Å². The molecule has 0 aromatic heterocycles. The first-order valence-electron chi connectivity index (χ1n) is 9.62. The predicted octanol–water partition coefficient (Wildman–Crippen LogP) is 4.63. The van der Waals surface area contributed by atoms with Crippen molar-refractivity contribution in [2.75, 3.05) is 7.11 Å². The Kier molecular flexibility index (Phi) is 11.9. The zero-order valence-electron chi connectivity index (χ0n) is 16.7. The van der Waals surface area contributed by atoms with Gasteiger partial charge in [-0.25, -0.2) is 0 Å². The summed E-state index contributed by atoms with van der Waals surface area (Å²) in [6.45, 7) is 4.00. The Balaban J connectivity index is 2.77. The van der Waals surface area contributed by atoms with Crippen molar-refractivity contribution in [1.82, 2.24) is 0 Å². The Labute approximate surface area is 162 Å². The van der Waals surface area contributed by atoms with Gasteiger partial charge in [-0.05, 0) is 49.5 Å². The Bertz CT molecular complexity index is 565. The van der Waals surface area contributed by atoms with E-state index in [1.54, 1.807) is 7.11 Å². The van der Waals surface area contributed by atoms with Crippen LogP contribution in [0.4, 0.5) is 0 Å². The maximum Gasteiger partial charge on any atom is 0.302 e. The Morgan fingerprint density at radius 2 is 1.85 bits per heavy atom. The number of ether oxygens (including phenoxy) is 3. The molecule has 0 saturated heterocycles. The Morgan fingerprint density at radius 1 is 1.11 bits per heavy atom. The summed E-state index contributed by atoms with van der Waals surface area (Å²) in [7, 11) is 1.63. The number of aldehydes is 1. The number of hydrogen-bond donors (Lipinski definition) is 0. The van der Waals surface area contributed by atoms with E-state index in [2.05, 4.69) is 6.92 Å². The first kappa shape index (κ1) is 22.9. The minimum Gasteiger partial charge on any atom is -0.497 e. The summed E-state index contributed by atoms with van der Waals surface area (Å²) in [5, 5.41) is 0. The van der Waals surface area contributed by atoms with Crippen LogP contribution >= 0.6 is 0 Å². The minimum atomic E-state index is -0.294. The van der Waals surface area contributed by atoms with Crippen molar-refractivity contribution in [3.63, 3.8) is 0 Å². The maximum atomic E-state index is 11.6. The van der Waals surface area contributed by atoms with Gasteiger partial charge in [-0.1, -0.05) is 38.0 Å². The number of esters is 1. The predicted molar refractivity (Wildman–Crippen MR) is 106 cm³/mol. The third-order valence-electron chi connectivity index (χ3n) is 4.28. The highest BCUT2D eigenvalue weighted by Gasteiger charge is 2.24. The lowest BCUT2D eigenvalue weighted by molar-refractivity contribution is -0.157. The van der Waals surface area contributed by atoms with Crippen molar-refractivity contribution >= 4 is 12.3 Å². The summed E-state index contributed by atoms with van der Waals surface area (Å²) in [5.41, 5.74) is 1.03. The first-order valence-corrected chi connectivity index (χ1v) is 9.62. The van der Waals surface area contributed by atoms with Crippen LogP contribution in [0.15, 0.2) is 36.4 Å². The third-order valence-corrected chi connectivity index (χ3v) is 4.28. The molecule has 1 rings (SSSR count). The van der Waals surface area contributed by atoms with Crippen LogP contribution in [0, 0.1) is 0 Å². The molecule has 0 radical (unpaired) electrons. The van der Waals surface area contributed by atoms with Crippen LogP contribution in [0.1, 0.15) is 57.9 Å². The molecule has 5 heteroatoms. The van der Waals surface area contributed by atoms with Gasteiger partial charge in [0.15, 0.2) is 0 Å². The van der Waals surface area contributed by atoms with Crippen LogP contribution in [0.25, 0.3) is 0 Å². The molecule has 0 fully saturated rings. The molecule has 1 aromatic carbocycles. The lowest BCUT2D eigenvalue weighted by Gasteiger charge is -2.27. The topological polar surface area (TPSA) is 61.8 Å². The average Bonchev–Trinajstić information content (AvgIpc) is 2.67. The van der Waals surface area contributed by atoms with Gasteiger partial charge in [-0.15, -0.1) is 0 Å². The fourth-order valence-corrected chi connectivity index (χ4v) is 2.84. The second-order valence-corrected chi connectivity index (χ2v) is 6.48. The summed E-state index contributed by atoms with van der Waals surface area (Å²) in [4.78, 5) is 22.0. The second kappa shape index (κ2) is 14.0. The lowest BCUT2D eigenvalue weighted by Crippen LogP contribution is -2.33. The number of hydrogen-bond acceptors (Lipinski definition) is 5. The highest BCUT2D eigenvalue weighted by molar-refractivity contribution is 5.66. The van der Waals surface area contributed by atoms with Gasteiger partial charge in [-0.3, -0.25) is 9.59 Å². The van der Waals surface area contributed by atoms with E-state index < -0.39 is 0 Å². The van der Waals surface area contributed by atoms with Crippen LogP contribution in [-0.2, 0) is 25.7 Å². The van der Waals surface area contributed by atoms with E-state index >= 15 is 0 Å². The van der Waals surface area contributed by atoms with Crippen molar-refractivity contribution in [3.05, 3.63) is 42.0 Å². The van der Waals surface area contributed by atoms with Gasteiger partial charge in [0, 0.05) is 6.92 Å². The van der Waals surface area contributed by atoms with Gasteiger partial charge in [-0.2, -0.15) is 0 Å². The highest BCUT2D eigenvalue weighted by atomic mass is 16.6. The van der Waals surface area contributed by atoms with E-state index in [0.717, 1.165) is 43.3 Å². The molecule has 150 valence electrons. The fraction of sp³-hybridized carbons (Fsp3) is 0.545. The van der Waals surface area contributed by atoms with E-state index in [4.69, 9.17) is 14.2 Å². The molecule has 0 amide bonds. The normalized spacial score (nSPS) is 13.3. The molecule has 0 aliphatic carbocycles. The monoisotopic (exact) mass is 376 g/mol. The molecule has 5 nitrogen and oxygen atoms in total. The third kappa shape index (κ3) is 9.94. The van der Waals surface area contributed by atoms with Gasteiger partial charge in [0.05, 0.1) is 19.8 Å². The van der Waals surface area contributed by atoms with Crippen molar-refractivity contribution < 1.29 is 23.8 Å². The molecule has 0 N–H and O–H groups in total. The van der Waals surface area contributed by atoms with Gasteiger partial charge >= 0.3 is 5.97 Å². The van der Waals surface area contributed by atoms with Crippen molar-refractivity contribution in [1.29, 1.82) is 0 Å². The second-order valence-electron chi connectivity index (χ2n) is 6.48. The van der Waals surface area contributed by atoms with Gasteiger partial charge in [0.2, 0.25) is 0 Å². The highest BCUT2D eigenvalue weighted by Crippen LogP contribution is 2.20. The number of carbonyl (C=O) groups is 2. The SMILES string of the molecule is CCCCC[C@@H](OC(C)=O)[C@H](CC/C=C/C=O)OCc1ccc(OC)cc1. The standard InChI is InChI=1S/C22H32O5/c1-4-5-7-11-22(27-18(2)24)21(10-8-6-9-16-23)26-17-19-12-14-20(25-3)15-13-19/h6,9,12-16,21-22H,4-5,7-8,10-11,17H2,1-3H3/b9-6+/t21-,22+/m0/s1. The zero-order chi connectivity index (χ0) is 19.9. The van der Waals surface area contributed by atoms with Gasteiger partial charge < -0.3 is 14.2 Å². The quantitative estimate of drug-likeness (QED) is 0.205. The van der Waals surface area contributed by atoms with Crippen LogP contribution < -0.4 is 4.74 Å². The van der Waals surface area contributed by atoms with Crippen LogP contribution in [-0.4, -0.2) is 31.6 Å². The molecule has 0 bridgehead atoms. The summed E-state index contributed by atoms with van der Waals surface area (Å²) in [5.74, 6) is 0.504. The molecule has 1 aromatic rings. The van der Waals surface area contributed by atoms with Gasteiger partial charge in [0.25, 0.3) is 0 Å².